The number of morpholine rings is 1. The number of nitrogens with zero attached hydrogens (tertiary/aromatic N) is 5. The zero-order valence-electron chi connectivity index (χ0n) is 16.0. The number of ether oxygens (including phenoxy) is 1. The molecule has 1 fully saturated rings. The number of halogens is 3. The van der Waals surface area contributed by atoms with Crippen LogP contribution in [0, 0.1) is 0 Å². The second-order valence-electron chi connectivity index (χ2n) is 6.61. The molecule has 1 aromatic heterocycles. The molecule has 0 bridgehead atoms. The molecule has 1 N–H and O–H groups in total. The van der Waals surface area contributed by atoms with Crippen molar-refractivity contribution in [3.05, 3.63) is 41.2 Å². The van der Waals surface area contributed by atoms with E-state index < -0.39 is 17.6 Å². The summed E-state index contributed by atoms with van der Waals surface area (Å²) in [6, 6.07) is 4.25. The standard InChI is InChI=1S/C18H21F3N6O2/c1-26(2)16-23-14(24-17(25-16)27-6-8-29-9-7-27)11-22-15(28)12-4-3-5-13(10-12)18(19,20)21/h3-5,10H,6-9,11H2,1-2H3,(H,22,28). The van der Waals surface area contributed by atoms with Gasteiger partial charge in [0.1, 0.15) is 0 Å². The minimum absolute atomic E-state index is 0.0459. The fourth-order valence-electron chi connectivity index (χ4n) is 2.68. The highest BCUT2D eigenvalue weighted by atomic mass is 19.4. The van der Waals surface area contributed by atoms with E-state index in [0.29, 0.717) is 44.0 Å². The van der Waals surface area contributed by atoms with E-state index in [2.05, 4.69) is 20.3 Å². The molecule has 2 aromatic rings. The van der Waals surface area contributed by atoms with Gasteiger partial charge in [0.25, 0.3) is 5.91 Å². The van der Waals surface area contributed by atoms with Crippen molar-refractivity contribution in [2.75, 3.05) is 50.2 Å². The predicted molar refractivity (Wildman–Crippen MR) is 99.8 cm³/mol. The summed E-state index contributed by atoms with van der Waals surface area (Å²) in [4.78, 5) is 29.1. The smallest absolute Gasteiger partial charge is 0.378 e. The van der Waals surface area contributed by atoms with E-state index in [9.17, 15) is 18.0 Å². The van der Waals surface area contributed by atoms with Crippen molar-refractivity contribution in [3.8, 4) is 0 Å². The number of carbonyl (C=O) groups excluding carboxylic acids is 1. The number of alkyl halides is 3. The first-order valence-electron chi connectivity index (χ1n) is 8.94. The monoisotopic (exact) mass is 410 g/mol. The lowest BCUT2D eigenvalue weighted by Gasteiger charge is -2.27. The summed E-state index contributed by atoms with van der Waals surface area (Å²) in [5.41, 5.74) is -0.968. The molecule has 156 valence electrons. The molecular weight excluding hydrogens is 389 g/mol. The summed E-state index contributed by atoms with van der Waals surface area (Å²) in [5.74, 6) is 0.557. The maximum atomic E-state index is 12.8. The van der Waals surface area contributed by atoms with Crippen molar-refractivity contribution in [2.24, 2.45) is 0 Å². The molecule has 1 saturated heterocycles. The molecule has 0 aliphatic carbocycles. The molecule has 1 amide bonds. The molecule has 1 aliphatic rings. The molecule has 3 rings (SSSR count). The van der Waals surface area contributed by atoms with E-state index in [-0.39, 0.29) is 12.1 Å². The molecule has 0 radical (unpaired) electrons. The van der Waals surface area contributed by atoms with Crippen LogP contribution in [0.5, 0.6) is 0 Å². The molecule has 11 heteroatoms. The Morgan fingerprint density at radius 3 is 2.59 bits per heavy atom. The second kappa shape index (κ2) is 8.60. The van der Waals surface area contributed by atoms with Gasteiger partial charge >= 0.3 is 6.18 Å². The van der Waals surface area contributed by atoms with Crippen LogP contribution in [0.2, 0.25) is 0 Å². The van der Waals surface area contributed by atoms with Crippen molar-refractivity contribution in [3.63, 3.8) is 0 Å². The van der Waals surface area contributed by atoms with E-state index in [1.807, 2.05) is 4.90 Å². The third kappa shape index (κ3) is 5.31. The number of rotatable bonds is 5. The SMILES string of the molecule is CN(C)c1nc(CNC(=O)c2cccc(C(F)(F)F)c2)nc(N2CCOCC2)n1. The van der Waals surface area contributed by atoms with E-state index in [1.165, 1.54) is 12.1 Å². The van der Waals surface area contributed by atoms with Crippen molar-refractivity contribution in [1.29, 1.82) is 0 Å². The summed E-state index contributed by atoms with van der Waals surface area (Å²) in [6.07, 6.45) is -4.52. The minimum Gasteiger partial charge on any atom is -0.378 e. The van der Waals surface area contributed by atoms with Gasteiger partial charge in [-0.3, -0.25) is 4.79 Å². The Bertz CT molecular complexity index is 869. The molecule has 0 atom stereocenters. The van der Waals surface area contributed by atoms with Crippen LogP contribution in [0.3, 0.4) is 0 Å². The van der Waals surface area contributed by atoms with Gasteiger partial charge in [-0.25, -0.2) is 0 Å². The van der Waals surface area contributed by atoms with Gasteiger partial charge < -0.3 is 19.9 Å². The summed E-state index contributed by atoms with van der Waals surface area (Å²) in [6.45, 7) is 2.34. The number of aromatic nitrogens is 3. The Morgan fingerprint density at radius 1 is 1.21 bits per heavy atom. The Balaban J connectivity index is 1.75. The highest BCUT2D eigenvalue weighted by molar-refractivity contribution is 5.94. The number of nitrogens with one attached hydrogen (secondary N) is 1. The van der Waals surface area contributed by atoms with Crippen LogP contribution in [0.25, 0.3) is 0 Å². The van der Waals surface area contributed by atoms with E-state index in [0.717, 1.165) is 12.1 Å². The Labute approximate surface area is 165 Å². The van der Waals surface area contributed by atoms with Crippen LogP contribution in [-0.4, -0.2) is 61.3 Å². The molecule has 1 aliphatic heterocycles. The van der Waals surface area contributed by atoms with Gasteiger partial charge in [-0.2, -0.15) is 28.1 Å². The van der Waals surface area contributed by atoms with E-state index in [4.69, 9.17) is 4.74 Å². The molecule has 0 unspecified atom stereocenters. The zero-order valence-corrected chi connectivity index (χ0v) is 16.0. The highest BCUT2D eigenvalue weighted by Crippen LogP contribution is 2.29. The summed E-state index contributed by atoms with van der Waals surface area (Å²) >= 11 is 0. The number of hydrogen-bond donors (Lipinski definition) is 1. The van der Waals surface area contributed by atoms with Crippen molar-refractivity contribution < 1.29 is 22.7 Å². The number of anilines is 2. The van der Waals surface area contributed by atoms with Crippen molar-refractivity contribution in [1.82, 2.24) is 20.3 Å². The van der Waals surface area contributed by atoms with Crippen LogP contribution < -0.4 is 15.1 Å². The maximum Gasteiger partial charge on any atom is 0.416 e. The third-order valence-electron chi connectivity index (χ3n) is 4.21. The molecule has 0 saturated carbocycles. The lowest BCUT2D eigenvalue weighted by molar-refractivity contribution is -0.137. The van der Waals surface area contributed by atoms with Crippen LogP contribution in [0.4, 0.5) is 25.1 Å². The van der Waals surface area contributed by atoms with Gasteiger partial charge in [0, 0.05) is 32.7 Å². The first-order valence-corrected chi connectivity index (χ1v) is 8.94. The van der Waals surface area contributed by atoms with Crippen molar-refractivity contribution in [2.45, 2.75) is 12.7 Å². The molecular formula is C18H21F3N6O2. The van der Waals surface area contributed by atoms with Gasteiger partial charge in [-0.1, -0.05) is 6.07 Å². The number of benzene rings is 1. The summed E-state index contributed by atoms with van der Waals surface area (Å²) in [5, 5.41) is 2.57. The minimum atomic E-state index is -4.52. The van der Waals surface area contributed by atoms with Gasteiger partial charge in [-0.15, -0.1) is 0 Å². The van der Waals surface area contributed by atoms with Crippen LogP contribution in [0.15, 0.2) is 24.3 Å². The summed E-state index contributed by atoms with van der Waals surface area (Å²) < 4.78 is 43.9. The molecule has 29 heavy (non-hydrogen) atoms. The number of hydrogen-bond acceptors (Lipinski definition) is 7. The van der Waals surface area contributed by atoms with Gasteiger partial charge in [0.2, 0.25) is 11.9 Å². The first-order chi connectivity index (χ1) is 13.7. The number of carbonyl (C=O) groups is 1. The topological polar surface area (TPSA) is 83.5 Å². The van der Waals surface area contributed by atoms with E-state index >= 15 is 0 Å². The molecule has 2 heterocycles. The van der Waals surface area contributed by atoms with Crippen LogP contribution >= 0.6 is 0 Å². The van der Waals surface area contributed by atoms with E-state index in [1.54, 1.807) is 19.0 Å². The third-order valence-corrected chi connectivity index (χ3v) is 4.21. The maximum absolute atomic E-state index is 12.8. The average Bonchev–Trinajstić information content (AvgIpc) is 2.72. The highest BCUT2D eigenvalue weighted by Gasteiger charge is 2.30. The van der Waals surface area contributed by atoms with Crippen LogP contribution in [-0.2, 0) is 17.5 Å². The zero-order chi connectivity index (χ0) is 21.0. The predicted octanol–water partition coefficient (Wildman–Crippen LogP) is 1.72. The van der Waals surface area contributed by atoms with Crippen molar-refractivity contribution >= 4 is 17.8 Å². The Hall–Kier alpha value is -2.95. The first kappa shape index (κ1) is 20.8. The normalized spacial score (nSPS) is 14.6. The van der Waals surface area contributed by atoms with Gasteiger partial charge in [-0.05, 0) is 18.2 Å². The Morgan fingerprint density at radius 2 is 1.93 bits per heavy atom. The largest absolute Gasteiger partial charge is 0.416 e. The van der Waals surface area contributed by atoms with Crippen LogP contribution in [0.1, 0.15) is 21.7 Å². The average molecular weight is 410 g/mol. The molecule has 0 spiro atoms. The molecule has 8 nitrogen and oxygen atoms in total. The molecule has 1 aromatic carbocycles. The van der Waals surface area contributed by atoms with Gasteiger partial charge in [0.15, 0.2) is 5.82 Å². The quantitative estimate of drug-likeness (QED) is 0.804. The lowest BCUT2D eigenvalue weighted by Crippen LogP contribution is -2.38. The summed E-state index contributed by atoms with van der Waals surface area (Å²) in [7, 11) is 3.56. The fourth-order valence-corrected chi connectivity index (χ4v) is 2.68. The Kier molecular flexibility index (Phi) is 6.16. The number of amides is 1. The fraction of sp³-hybridized carbons (Fsp3) is 0.444. The lowest BCUT2D eigenvalue weighted by atomic mass is 10.1. The van der Waals surface area contributed by atoms with Gasteiger partial charge in [0.05, 0.1) is 25.3 Å². The second-order valence-corrected chi connectivity index (χ2v) is 6.61.